The molecular weight excluding hydrogens is 462 g/mol. The standard InChI is InChI=1S/C18H18Cl2F3N5O3/c1-10-14(15(20)26(2)25-10)17(30)31-9-13(29)27-3-5-28(6-4-27)16-12(19)7-11(8-24-16)18(21,22)23/h7-8H,3-6,9H2,1-2H3. The van der Waals surface area contributed by atoms with Gasteiger partial charge in [-0.25, -0.2) is 9.78 Å². The first kappa shape index (κ1) is 23.1. The number of ether oxygens (including phenoxy) is 1. The zero-order valence-corrected chi connectivity index (χ0v) is 18.1. The molecule has 1 aliphatic heterocycles. The van der Waals surface area contributed by atoms with Crippen LogP contribution in [0.25, 0.3) is 0 Å². The number of piperazine rings is 1. The summed E-state index contributed by atoms with van der Waals surface area (Å²) >= 11 is 12.0. The van der Waals surface area contributed by atoms with Crippen LogP contribution >= 0.6 is 23.2 Å². The summed E-state index contributed by atoms with van der Waals surface area (Å²) in [5.74, 6) is -0.935. The Hall–Kier alpha value is -2.53. The van der Waals surface area contributed by atoms with E-state index in [1.807, 2.05) is 0 Å². The molecule has 1 aliphatic rings. The number of anilines is 1. The molecule has 0 bridgehead atoms. The summed E-state index contributed by atoms with van der Waals surface area (Å²) in [6.45, 7) is 2.29. The monoisotopic (exact) mass is 479 g/mol. The Labute approximate surface area is 185 Å². The van der Waals surface area contributed by atoms with Gasteiger partial charge in [0.1, 0.15) is 16.5 Å². The molecule has 31 heavy (non-hydrogen) atoms. The van der Waals surface area contributed by atoms with Crippen molar-refractivity contribution in [2.75, 3.05) is 37.7 Å². The van der Waals surface area contributed by atoms with E-state index in [4.69, 9.17) is 27.9 Å². The highest BCUT2D eigenvalue weighted by Gasteiger charge is 2.32. The van der Waals surface area contributed by atoms with Crippen LogP contribution < -0.4 is 4.90 Å². The molecule has 0 unspecified atom stereocenters. The normalized spacial score (nSPS) is 14.7. The van der Waals surface area contributed by atoms with E-state index in [9.17, 15) is 22.8 Å². The highest BCUT2D eigenvalue weighted by molar-refractivity contribution is 6.33. The minimum atomic E-state index is -4.53. The number of hydrogen-bond donors (Lipinski definition) is 0. The maximum Gasteiger partial charge on any atom is 0.417 e. The quantitative estimate of drug-likeness (QED) is 0.627. The maximum absolute atomic E-state index is 12.8. The molecule has 0 aliphatic carbocycles. The van der Waals surface area contributed by atoms with Gasteiger partial charge in [-0.15, -0.1) is 0 Å². The topological polar surface area (TPSA) is 80.6 Å². The molecule has 168 valence electrons. The third-order valence-corrected chi connectivity index (χ3v) is 5.48. The van der Waals surface area contributed by atoms with Crippen molar-refractivity contribution < 1.29 is 27.5 Å². The number of carbonyl (C=O) groups excluding carboxylic acids is 2. The van der Waals surface area contributed by atoms with Crippen molar-refractivity contribution >= 4 is 40.9 Å². The molecule has 0 saturated carbocycles. The summed E-state index contributed by atoms with van der Waals surface area (Å²) in [6, 6.07) is 0.826. The van der Waals surface area contributed by atoms with Crippen LogP contribution in [0.15, 0.2) is 12.3 Å². The average Bonchev–Trinajstić information content (AvgIpc) is 2.97. The summed E-state index contributed by atoms with van der Waals surface area (Å²) < 4.78 is 44.7. The number of aromatic nitrogens is 3. The second kappa shape index (κ2) is 8.91. The molecule has 1 amide bonds. The lowest BCUT2D eigenvalue weighted by Gasteiger charge is -2.35. The van der Waals surface area contributed by atoms with E-state index >= 15 is 0 Å². The first-order valence-electron chi connectivity index (χ1n) is 9.10. The van der Waals surface area contributed by atoms with Gasteiger partial charge < -0.3 is 14.5 Å². The molecule has 1 saturated heterocycles. The summed E-state index contributed by atoms with van der Waals surface area (Å²) in [6.07, 6.45) is -3.81. The van der Waals surface area contributed by atoms with Crippen molar-refractivity contribution in [3.8, 4) is 0 Å². The van der Waals surface area contributed by atoms with Crippen LogP contribution in [-0.4, -0.2) is 64.3 Å². The van der Waals surface area contributed by atoms with Crippen molar-refractivity contribution in [3.63, 3.8) is 0 Å². The fourth-order valence-electron chi connectivity index (χ4n) is 3.14. The number of nitrogens with zero attached hydrogens (tertiary/aromatic N) is 5. The molecular formula is C18H18Cl2F3N5O3. The van der Waals surface area contributed by atoms with Crippen LogP contribution in [0.2, 0.25) is 10.2 Å². The fourth-order valence-corrected chi connectivity index (χ4v) is 3.68. The minimum absolute atomic E-state index is 0.102. The number of hydrogen-bond acceptors (Lipinski definition) is 6. The third-order valence-electron chi connectivity index (χ3n) is 4.76. The molecule has 3 heterocycles. The zero-order chi connectivity index (χ0) is 22.9. The lowest BCUT2D eigenvalue weighted by Crippen LogP contribution is -2.50. The van der Waals surface area contributed by atoms with Gasteiger partial charge in [-0.2, -0.15) is 18.3 Å². The smallest absolute Gasteiger partial charge is 0.417 e. The van der Waals surface area contributed by atoms with Gasteiger partial charge in [-0.1, -0.05) is 23.2 Å². The van der Waals surface area contributed by atoms with Crippen molar-refractivity contribution in [1.82, 2.24) is 19.7 Å². The van der Waals surface area contributed by atoms with Crippen LogP contribution in [0.3, 0.4) is 0 Å². The highest BCUT2D eigenvalue weighted by atomic mass is 35.5. The van der Waals surface area contributed by atoms with Gasteiger partial charge in [0.15, 0.2) is 6.61 Å². The third kappa shape index (κ3) is 5.04. The van der Waals surface area contributed by atoms with E-state index in [1.165, 1.54) is 9.58 Å². The van der Waals surface area contributed by atoms with E-state index in [-0.39, 0.29) is 34.6 Å². The number of pyridine rings is 1. The lowest BCUT2D eigenvalue weighted by atomic mass is 10.2. The van der Waals surface area contributed by atoms with Crippen molar-refractivity contribution in [1.29, 1.82) is 0 Å². The molecule has 13 heteroatoms. The number of alkyl halides is 3. The van der Waals surface area contributed by atoms with Crippen molar-refractivity contribution in [2.45, 2.75) is 13.1 Å². The Morgan fingerprint density at radius 1 is 1.19 bits per heavy atom. The Bertz CT molecular complexity index is 1000. The number of halogens is 5. The van der Waals surface area contributed by atoms with E-state index in [2.05, 4.69) is 10.1 Å². The number of carbonyl (C=O) groups is 2. The SMILES string of the molecule is Cc1nn(C)c(Cl)c1C(=O)OCC(=O)N1CCN(c2ncc(C(F)(F)F)cc2Cl)CC1. The van der Waals surface area contributed by atoms with E-state index in [0.29, 0.717) is 18.8 Å². The van der Waals surface area contributed by atoms with Crippen LogP contribution in [0.4, 0.5) is 19.0 Å². The predicted molar refractivity (Wildman–Crippen MR) is 106 cm³/mol. The Morgan fingerprint density at radius 3 is 2.35 bits per heavy atom. The zero-order valence-electron chi connectivity index (χ0n) is 16.5. The molecule has 2 aromatic heterocycles. The molecule has 2 aromatic rings. The summed E-state index contributed by atoms with van der Waals surface area (Å²) in [4.78, 5) is 31.6. The van der Waals surface area contributed by atoms with E-state index < -0.39 is 30.2 Å². The fraction of sp³-hybridized carbons (Fsp3) is 0.444. The summed E-state index contributed by atoms with van der Waals surface area (Å²) in [5, 5.41) is 4.01. The second-order valence-electron chi connectivity index (χ2n) is 6.85. The molecule has 1 fully saturated rings. The van der Waals surface area contributed by atoms with Gasteiger partial charge in [0.25, 0.3) is 5.91 Å². The largest absolute Gasteiger partial charge is 0.452 e. The van der Waals surface area contributed by atoms with Gasteiger partial charge in [0.2, 0.25) is 0 Å². The first-order chi connectivity index (χ1) is 14.5. The van der Waals surface area contributed by atoms with Crippen molar-refractivity contribution in [3.05, 3.63) is 39.3 Å². The molecule has 0 radical (unpaired) electrons. The van der Waals surface area contributed by atoms with Gasteiger partial charge in [-0.05, 0) is 13.0 Å². The number of esters is 1. The van der Waals surface area contributed by atoms with Crippen LogP contribution in [0.5, 0.6) is 0 Å². The molecule has 0 atom stereocenters. The molecule has 0 spiro atoms. The molecule has 8 nitrogen and oxygen atoms in total. The van der Waals surface area contributed by atoms with E-state index in [1.54, 1.807) is 18.9 Å². The van der Waals surface area contributed by atoms with E-state index in [0.717, 1.165) is 12.3 Å². The van der Waals surface area contributed by atoms with Gasteiger partial charge in [-0.3, -0.25) is 9.48 Å². The average molecular weight is 480 g/mol. The Morgan fingerprint density at radius 2 is 1.84 bits per heavy atom. The van der Waals surface area contributed by atoms with Crippen LogP contribution in [0.1, 0.15) is 21.6 Å². The first-order valence-corrected chi connectivity index (χ1v) is 9.86. The second-order valence-corrected chi connectivity index (χ2v) is 7.61. The number of aryl methyl sites for hydroxylation is 2. The van der Waals surface area contributed by atoms with Crippen LogP contribution in [-0.2, 0) is 22.8 Å². The van der Waals surface area contributed by atoms with Crippen LogP contribution in [0, 0.1) is 6.92 Å². The van der Waals surface area contributed by atoms with Crippen molar-refractivity contribution in [2.24, 2.45) is 7.05 Å². The minimum Gasteiger partial charge on any atom is -0.452 e. The Balaban J connectivity index is 1.55. The lowest BCUT2D eigenvalue weighted by molar-refractivity contribution is -0.138. The van der Waals surface area contributed by atoms with Gasteiger partial charge in [0.05, 0.1) is 16.3 Å². The Kier molecular flexibility index (Phi) is 6.65. The highest BCUT2D eigenvalue weighted by Crippen LogP contribution is 2.33. The summed E-state index contributed by atoms with van der Waals surface area (Å²) in [7, 11) is 1.58. The maximum atomic E-state index is 12.8. The van der Waals surface area contributed by atoms with Gasteiger partial charge in [0, 0.05) is 39.4 Å². The molecule has 0 N–H and O–H groups in total. The van der Waals surface area contributed by atoms with Gasteiger partial charge >= 0.3 is 12.1 Å². The number of rotatable bonds is 4. The molecule has 3 rings (SSSR count). The molecule has 0 aromatic carbocycles. The predicted octanol–water partition coefficient (Wildman–Crippen LogP) is 2.95. The summed E-state index contributed by atoms with van der Waals surface area (Å²) in [5.41, 5.74) is -0.440. The number of amides is 1.